The number of benzene rings is 2. The zero-order valence-corrected chi connectivity index (χ0v) is 14.3. The molecule has 0 atom stereocenters. The molecule has 0 radical (unpaired) electrons. The highest BCUT2D eigenvalue weighted by Crippen LogP contribution is 2.21. The molecule has 7 heteroatoms. The lowest BCUT2D eigenvalue weighted by Gasteiger charge is -2.10. The first-order chi connectivity index (χ1) is 11.9. The summed E-state index contributed by atoms with van der Waals surface area (Å²) in [6.07, 6.45) is 5.88. The monoisotopic (exact) mass is 358 g/mol. The Hall–Kier alpha value is -2.90. The van der Waals surface area contributed by atoms with E-state index in [1.807, 2.05) is 0 Å². The van der Waals surface area contributed by atoms with Crippen LogP contribution in [0.1, 0.15) is 5.56 Å². The van der Waals surface area contributed by atoms with E-state index in [-0.39, 0.29) is 4.90 Å². The van der Waals surface area contributed by atoms with Crippen molar-refractivity contribution >= 4 is 27.7 Å². The van der Waals surface area contributed by atoms with Crippen LogP contribution in [0.15, 0.2) is 77.7 Å². The molecule has 0 bridgehead atoms. The maximum atomic E-state index is 12.4. The number of sulfonamides is 1. The average Bonchev–Trinajstić information content (AvgIpc) is 2.60. The molecule has 0 fully saturated rings. The lowest BCUT2D eigenvalue weighted by atomic mass is 10.1. The molecule has 0 aliphatic carbocycles. The van der Waals surface area contributed by atoms with E-state index in [0.717, 1.165) is 0 Å². The number of hydroxylamine groups is 2. The highest BCUT2D eigenvalue weighted by atomic mass is 32.2. The average molecular weight is 358 g/mol. The lowest BCUT2D eigenvalue weighted by Crippen LogP contribution is -2.19. The lowest BCUT2D eigenvalue weighted by molar-refractivity contribution is -0.153. The van der Waals surface area contributed by atoms with Crippen LogP contribution in [0.2, 0.25) is 0 Å². The molecule has 2 aromatic carbocycles. The van der Waals surface area contributed by atoms with Crippen molar-refractivity contribution < 1.29 is 18.4 Å². The molecule has 0 saturated heterocycles. The van der Waals surface area contributed by atoms with E-state index >= 15 is 0 Å². The second-order valence-electron chi connectivity index (χ2n) is 5.09. The Balaban J connectivity index is 2.20. The van der Waals surface area contributed by atoms with Gasteiger partial charge in [0.15, 0.2) is 0 Å². The maximum absolute atomic E-state index is 12.4. The highest BCUT2D eigenvalue weighted by Gasteiger charge is 2.14. The van der Waals surface area contributed by atoms with E-state index in [2.05, 4.69) is 4.72 Å². The summed E-state index contributed by atoms with van der Waals surface area (Å²) in [7, 11) is -2.46. The third-order valence-electron chi connectivity index (χ3n) is 3.20. The summed E-state index contributed by atoms with van der Waals surface area (Å²) >= 11 is 0. The summed E-state index contributed by atoms with van der Waals surface area (Å²) in [5.74, 6) is -0.567. The van der Waals surface area contributed by atoms with Crippen molar-refractivity contribution in [3.63, 3.8) is 0 Å². The number of para-hydroxylation sites is 1. The molecule has 0 spiro atoms. The molecule has 0 heterocycles. The van der Waals surface area contributed by atoms with Gasteiger partial charge in [-0.25, -0.2) is 13.5 Å². The minimum atomic E-state index is -3.69. The number of allylic oxidation sites excluding steroid dienone is 2. The normalized spacial score (nSPS) is 11.8. The van der Waals surface area contributed by atoms with E-state index in [0.29, 0.717) is 16.3 Å². The number of rotatable bonds is 6. The van der Waals surface area contributed by atoms with Crippen molar-refractivity contribution in [2.45, 2.75) is 4.90 Å². The third kappa shape index (κ3) is 5.30. The summed E-state index contributed by atoms with van der Waals surface area (Å²) in [5, 5.41) is 9.41. The van der Waals surface area contributed by atoms with Crippen LogP contribution < -0.4 is 4.72 Å². The van der Waals surface area contributed by atoms with Crippen molar-refractivity contribution in [1.82, 2.24) is 5.06 Å². The Morgan fingerprint density at radius 2 is 1.68 bits per heavy atom. The first-order valence-corrected chi connectivity index (χ1v) is 8.87. The van der Waals surface area contributed by atoms with Gasteiger partial charge in [-0.3, -0.25) is 14.7 Å². The second-order valence-corrected chi connectivity index (χ2v) is 6.77. The second kappa shape index (κ2) is 8.27. The van der Waals surface area contributed by atoms with E-state index in [9.17, 15) is 13.2 Å². The Bertz CT molecular complexity index is 888. The maximum Gasteiger partial charge on any atom is 0.269 e. The fraction of sp³-hybridized carbons (Fsp3) is 0.0556. The molecular weight excluding hydrogens is 340 g/mol. The van der Waals surface area contributed by atoms with Gasteiger partial charge < -0.3 is 0 Å². The molecule has 0 aromatic heterocycles. The molecule has 6 nitrogen and oxygen atoms in total. The van der Waals surface area contributed by atoms with Crippen molar-refractivity contribution in [3.05, 3.63) is 78.4 Å². The number of nitrogens with zero attached hydrogens (tertiary/aromatic N) is 1. The summed E-state index contributed by atoms with van der Waals surface area (Å²) in [4.78, 5) is 11.4. The molecule has 0 aliphatic heterocycles. The van der Waals surface area contributed by atoms with Gasteiger partial charge in [0.2, 0.25) is 0 Å². The van der Waals surface area contributed by atoms with E-state index in [1.165, 1.54) is 31.3 Å². The molecule has 0 aliphatic rings. The fourth-order valence-electron chi connectivity index (χ4n) is 1.94. The van der Waals surface area contributed by atoms with Gasteiger partial charge in [-0.15, -0.1) is 0 Å². The number of anilines is 1. The van der Waals surface area contributed by atoms with Crippen molar-refractivity contribution in [3.8, 4) is 0 Å². The number of hydrogen-bond donors (Lipinski definition) is 2. The number of carbonyl (C=O) groups excluding carboxylic acids is 1. The van der Waals surface area contributed by atoms with E-state index in [1.54, 1.807) is 54.6 Å². The summed E-state index contributed by atoms with van der Waals surface area (Å²) in [6.45, 7) is 0. The van der Waals surface area contributed by atoms with Crippen molar-refractivity contribution in [2.75, 3.05) is 11.8 Å². The van der Waals surface area contributed by atoms with Gasteiger partial charge in [0.05, 0.1) is 10.6 Å². The van der Waals surface area contributed by atoms with E-state index in [4.69, 9.17) is 5.21 Å². The van der Waals surface area contributed by atoms with Crippen molar-refractivity contribution in [1.29, 1.82) is 0 Å². The third-order valence-corrected chi connectivity index (χ3v) is 4.58. The molecule has 130 valence electrons. The Morgan fingerprint density at radius 3 is 2.36 bits per heavy atom. The smallest absolute Gasteiger partial charge is 0.269 e. The van der Waals surface area contributed by atoms with Gasteiger partial charge in [-0.05, 0) is 23.8 Å². The van der Waals surface area contributed by atoms with Crippen LogP contribution in [0.4, 0.5) is 5.69 Å². The molecule has 0 saturated carbocycles. The fourth-order valence-corrected chi connectivity index (χ4v) is 3.05. The van der Waals surface area contributed by atoms with Crippen LogP contribution >= 0.6 is 0 Å². The molecule has 25 heavy (non-hydrogen) atoms. The van der Waals surface area contributed by atoms with Gasteiger partial charge in [0.25, 0.3) is 15.9 Å². The van der Waals surface area contributed by atoms with Gasteiger partial charge >= 0.3 is 0 Å². The number of carbonyl (C=O) groups is 1. The first kappa shape index (κ1) is 18.4. The molecule has 2 aromatic rings. The molecule has 1 amide bonds. The predicted octanol–water partition coefficient (Wildman–Crippen LogP) is 2.90. The van der Waals surface area contributed by atoms with Crippen LogP contribution in [0, 0.1) is 0 Å². The Kier molecular flexibility index (Phi) is 6.10. The topological polar surface area (TPSA) is 86.7 Å². The highest BCUT2D eigenvalue weighted by molar-refractivity contribution is 7.92. The minimum Gasteiger partial charge on any atom is -0.286 e. The Labute approximate surface area is 146 Å². The zero-order chi connectivity index (χ0) is 18.3. The zero-order valence-electron chi connectivity index (χ0n) is 13.5. The molecular formula is C18H18N2O4S. The number of hydrogen-bond acceptors (Lipinski definition) is 4. The summed E-state index contributed by atoms with van der Waals surface area (Å²) < 4.78 is 27.4. The molecule has 2 rings (SSSR count). The van der Waals surface area contributed by atoms with E-state index < -0.39 is 15.9 Å². The van der Waals surface area contributed by atoms with Crippen molar-refractivity contribution in [2.24, 2.45) is 0 Å². The quantitative estimate of drug-likeness (QED) is 0.360. The predicted molar refractivity (Wildman–Crippen MR) is 96.4 cm³/mol. The Morgan fingerprint density at radius 1 is 1.04 bits per heavy atom. The first-order valence-electron chi connectivity index (χ1n) is 7.38. The minimum absolute atomic E-state index is 0.172. The van der Waals surface area contributed by atoms with Gasteiger partial charge in [-0.2, -0.15) is 0 Å². The molecule has 0 unspecified atom stereocenters. The van der Waals surface area contributed by atoms with Crippen LogP contribution in [0.3, 0.4) is 0 Å². The molecule has 2 N–H and O–H groups in total. The van der Waals surface area contributed by atoms with Crippen LogP contribution in [-0.4, -0.2) is 31.6 Å². The van der Waals surface area contributed by atoms with Crippen LogP contribution in [0.5, 0.6) is 0 Å². The van der Waals surface area contributed by atoms with Gasteiger partial charge in [0, 0.05) is 13.1 Å². The SMILES string of the molecule is CN(O)C(=O)C=CC=Cc1ccccc1NS(=O)(=O)c1ccccc1. The largest absolute Gasteiger partial charge is 0.286 e. The van der Waals surface area contributed by atoms with Crippen LogP contribution in [-0.2, 0) is 14.8 Å². The van der Waals surface area contributed by atoms with Gasteiger partial charge in [0.1, 0.15) is 0 Å². The number of likely N-dealkylation sites (N-methyl/N-ethyl adjacent to an activating group) is 1. The number of nitrogens with one attached hydrogen (secondary N) is 1. The summed E-state index contributed by atoms with van der Waals surface area (Å²) in [5.41, 5.74) is 1.05. The van der Waals surface area contributed by atoms with Gasteiger partial charge in [-0.1, -0.05) is 54.6 Å². The van der Waals surface area contributed by atoms with Crippen LogP contribution in [0.25, 0.3) is 6.08 Å². The summed E-state index contributed by atoms with van der Waals surface area (Å²) in [6, 6.07) is 15.0. The standard InChI is InChI=1S/C18H18N2O4S/c1-20(22)18(21)14-8-6-10-15-9-5-7-13-17(15)19-25(23,24)16-11-3-2-4-12-16/h2-14,19,22H,1H3. The number of amides is 1.